The van der Waals surface area contributed by atoms with E-state index in [1.165, 1.54) is 13.2 Å². The molecule has 0 spiro atoms. The molecule has 3 atom stereocenters. The molecule has 3 fully saturated rings. The average molecular weight is 672 g/mol. The van der Waals surface area contributed by atoms with Crippen molar-refractivity contribution >= 4 is 44.8 Å². The van der Waals surface area contributed by atoms with Crippen LogP contribution in [0.2, 0.25) is 0 Å². The van der Waals surface area contributed by atoms with Crippen LogP contribution < -0.4 is 16.0 Å². The zero-order chi connectivity index (χ0) is 34.4. The number of aromatic amines is 1. The molecule has 3 N–H and O–H groups in total. The number of aromatic nitrogens is 5. The van der Waals surface area contributed by atoms with Crippen molar-refractivity contribution in [1.29, 1.82) is 0 Å². The van der Waals surface area contributed by atoms with Gasteiger partial charge in [-0.05, 0) is 80.0 Å². The van der Waals surface area contributed by atoms with Gasteiger partial charge in [-0.2, -0.15) is 0 Å². The monoisotopic (exact) mass is 671 g/mol. The lowest BCUT2D eigenvalue weighted by Gasteiger charge is -2.27. The SMILES string of the molecule is COC(=O)c1cc(=O)[nH]c2ccc(-c3ccc4cc(-c5nc6cc(C(=O)N7CC8CCC7[C@@H]8N)cc(OC)c6n5C)n(CC5CC5)c4n3)cc12. The number of hydrogen-bond donors (Lipinski definition) is 2. The van der Waals surface area contributed by atoms with Gasteiger partial charge in [-0.3, -0.25) is 9.59 Å². The minimum Gasteiger partial charge on any atom is -0.494 e. The van der Waals surface area contributed by atoms with E-state index >= 15 is 0 Å². The number of nitrogens with zero attached hydrogens (tertiary/aromatic N) is 5. The standard InChI is InChI=1S/C38H37N7O5/c1-43-34-28(13-23(15-31(34)49-2)37(47)45-18-22-8-11-29(45)33(22)39)42-36(43)30-14-21-7-9-26(41-35(21)44(30)17-19-4-5-19)20-6-10-27-24(12-20)25(38(48)50-3)16-32(46)40-27/h6-7,9-10,12-16,19,22,29,33H,4-5,8,11,17-18,39H2,1-3H3,(H,40,46)/t22?,29?,33-/m1/s1. The fourth-order valence-electron chi connectivity index (χ4n) is 8.18. The Bertz CT molecular complexity index is 2460. The van der Waals surface area contributed by atoms with Crippen LogP contribution in [0.25, 0.3) is 55.7 Å². The van der Waals surface area contributed by atoms with E-state index in [0.29, 0.717) is 46.1 Å². The van der Waals surface area contributed by atoms with Gasteiger partial charge in [0.15, 0.2) is 5.82 Å². The van der Waals surface area contributed by atoms with E-state index in [0.717, 1.165) is 71.6 Å². The van der Waals surface area contributed by atoms with Gasteiger partial charge in [-0.1, -0.05) is 6.07 Å². The molecule has 2 aromatic carbocycles. The van der Waals surface area contributed by atoms with Crippen molar-refractivity contribution in [3.8, 4) is 28.5 Å². The molecule has 254 valence electrons. The first-order valence-electron chi connectivity index (χ1n) is 17.1. The third-order valence-corrected chi connectivity index (χ3v) is 11.0. The van der Waals surface area contributed by atoms with Crippen LogP contribution >= 0.6 is 0 Å². The average Bonchev–Trinajstić information content (AvgIpc) is 3.53. The van der Waals surface area contributed by atoms with Crippen LogP contribution in [-0.2, 0) is 18.3 Å². The molecule has 12 nitrogen and oxygen atoms in total. The van der Waals surface area contributed by atoms with E-state index in [-0.39, 0.29) is 29.1 Å². The van der Waals surface area contributed by atoms with Crippen LogP contribution in [0.5, 0.6) is 5.75 Å². The van der Waals surface area contributed by atoms with Gasteiger partial charge < -0.3 is 34.2 Å². The summed E-state index contributed by atoms with van der Waals surface area (Å²) in [7, 11) is 4.90. The van der Waals surface area contributed by atoms with Crippen LogP contribution in [0.15, 0.2) is 59.4 Å². The molecule has 1 amide bonds. The second-order valence-electron chi connectivity index (χ2n) is 14.0. The number of benzene rings is 2. The number of piperidine rings is 1. The van der Waals surface area contributed by atoms with Gasteiger partial charge in [0, 0.05) is 65.7 Å². The van der Waals surface area contributed by atoms with Crippen LogP contribution in [0, 0.1) is 11.8 Å². The Morgan fingerprint density at radius 2 is 1.84 bits per heavy atom. The highest BCUT2D eigenvalue weighted by molar-refractivity contribution is 6.04. The third-order valence-electron chi connectivity index (χ3n) is 11.0. The molecular weight excluding hydrogens is 634 g/mol. The van der Waals surface area contributed by atoms with Crippen molar-refractivity contribution in [2.24, 2.45) is 24.6 Å². The molecule has 5 heterocycles. The fraction of sp³-hybridized carbons (Fsp3) is 0.342. The number of carbonyl (C=O) groups is 2. The number of imidazole rings is 1. The number of rotatable bonds is 7. The molecule has 1 aliphatic heterocycles. The lowest BCUT2D eigenvalue weighted by Crippen LogP contribution is -2.41. The second kappa shape index (κ2) is 11.3. The van der Waals surface area contributed by atoms with Crippen LogP contribution in [0.3, 0.4) is 0 Å². The third kappa shape index (κ3) is 4.72. The Morgan fingerprint density at radius 1 is 1.00 bits per heavy atom. The number of hydrogen-bond acceptors (Lipinski definition) is 8. The van der Waals surface area contributed by atoms with Crippen molar-refractivity contribution < 1.29 is 19.1 Å². The Labute approximate surface area is 286 Å². The predicted molar refractivity (Wildman–Crippen MR) is 189 cm³/mol. The Balaban J connectivity index is 1.15. The van der Waals surface area contributed by atoms with Crippen LogP contribution in [0.4, 0.5) is 0 Å². The summed E-state index contributed by atoms with van der Waals surface area (Å²) in [4.78, 5) is 53.6. The van der Waals surface area contributed by atoms with Crippen molar-refractivity contribution in [2.75, 3.05) is 20.8 Å². The number of likely N-dealkylation sites (tertiary alicyclic amines) is 1. The number of nitrogens with one attached hydrogen (secondary N) is 1. The summed E-state index contributed by atoms with van der Waals surface area (Å²) in [5, 5.41) is 1.55. The van der Waals surface area contributed by atoms with Crippen LogP contribution in [-0.4, -0.2) is 73.7 Å². The summed E-state index contributed by atoms with van der Waals surface area (Å²) < 4.78 is 15.1. The molecule has 50 heavy (non-hydrogen) atoms. The molecule has 6 aromatic rings. The van der Waals surface area contributed by atoms with Crippen LogP contribution in [0.1, 0.15) is 46.4 Å². The molecule has 2 aliphatic carbocycles. The quantitative estimate of drug-likeness (QED) is 0.229. The van der Waals surface area contributed by atoms with Gasteiger partial charge in [0.25, 0.3) is 5.91 Å². The number of pyridine rings is 2. The van der Waals surface area contributed by atoms with E-state index in [1.807, 2.05) is 46.8 Å². The summed E-state index contributed by atoms with van der Waals surface area (Å²) >= 11 is 0. The summed E-state index contributed by atoms with van der Waals surface area (Å²) in [5.41, 5.74) is 12.1. The molecule has 12 heteroatoms. The van der Waals surface area contributed by atoms with Gasteiger partial charge in [0.1, 0.15) is 16.9 Å². The normalized spacial score (nSPS) is 20.0. The Hall–Kier alpha value is -5.49. The van der Waals surface area contributed by atoms with E-state index < -0.39 is 5.97 Å². The van der Waals surface area contributed by atoms with Gasteiger partial charge in [-0.15, -0.1) is 0 Å². The van der Waals surface area contributed by atoms with Crippen molar-refractivity contribution in [1.82, 2.24) is 29.0 Å². The molecular formula is C38H37N7O5. The van der Waals surface area contributed by atoms with Crippen molar-refractivity contribution in [3.63, 3.8) is 0 Å². The number of nitrogens with two attached hydrogens (primary N) is 1. The molecule has 3 aliphatic rings. The highest BCUT2D eigenvalue weighted by Crippen LogP contribution is 2.40. The largest absolute Gasteiger partial charge is 0.494 e. The zero-order valence-corrected chi connectivity index (χ0v) is 28.1. The summed E-state index contributed by atoms with van der Waals surface area (Å²) in [6.07, 6.45) is 4.33. The lowest BCUT2D eigenvalue weighted by atomic mass is 10.0. The van der Waals surface area contributed by atoms with Gasteiger partial charge in [0.2, 0.25) is 5.56 Å². The molecule has 2 saturated carbocycles. The maximum absolute atomic E-state index is 13.8. The van der Waals surface area contributed by atoms with Crippen molar-refractivity contribution in [3.05, 3.63) is 76.1 Å². The number of H-pyrrole nitrogens is 1. The smallest absolute Gasteiger partial charge is 0.338 e. The molecule has 0 radical (unpaired) electrons. The number of ether oxygens (including phenoxy) is 2. The number of methoxy groups -OCH3 is 2. The van der Waals surface area contributed by atoms with E-state index in [4.69, 9.17) is 25.2 Å². The molecule has 2 bridgehead atoms. The number of aryl methyl sites for hydroxylation is 1. The first-order valence-corrected chi connectivity index (χ1v) is 17.1. The molecule has 2 unspecified atom stereocenters. The van der Waals surface area contributed by atoms with Gasteiger partial charge in [0.05, 0.1) is 36.7 Å². The molecule has 9 rings (SSSR count). The number of carbonyl (C=O) groups excluding carboxylic acids is 2. The number of amides is 1. The predicted octanol–water partition coefficient (Wildman–Crippen LogP) is 4.87. The second-order valence-corrected chi connectivity index (χ2v) is 14.0. The fourth-order valence-corrected chi connectivity index (χ4v) is 8.18. The Morgan fingerprint density at radius 3 is 2.56 bits per heavy atom. The number of esters is 1. The molecule has 1 saturated heterocycles. The minimum absolute atomic E-state index is 0.0293. The first kappa shape index (κ1) is 30.6. The van der Waals surface area contributed by atoms with E-state index in [1.54, 1.807) is 13.2 Å². The summed E-state index contributed by atoms with van der Waals surface area (Å²) in [5.74, 6) is 1.65. The topological polar surface area (TPSA) is 150 Å². The van der Waals surface area contributed by atoms with E-state index in [2.05, 4.69) is 21.7 Å². The van der Waals surface area contributed by atoms with Gasteiger partial charge in [-0.25, -0.2) is 14.8 Å². The zero-order valence-electron chi connectivity index (χ0n) is 28.1. The molecule has 4 aromatic heterocycles. The maximum atomic E-state index is 13.8. The number of fused-ring (bicyclic) bond motifs is 5. The first-order chi connectivity index (χ1) is 24.2. The summed E-state index contributed by atoms with van der Waals surface area (Å²) in [6, 6.07) is 16.8. The maximum Gasteiger partial charge on any atom is 0.338 e. The lowest BCUT2D eigenvalue weighted by molar-refractivity contribution is 0.0602. The van der Waals surface area contributed by atoms with E-state index in [9.17, 15) is 14.4 Å². The highest BCUT2D eigenvalue weighted by Gasteiger charge is 2.47. The summed E-state index contributed by atoms with van der Waals surface area (Å²) in [6.45, 7) is 1.49. The Kier molecular flexibility index (Phi) is 6.89. The minimum atomic E-state index is -0.576. The van der Waals surface area contributed by atoms with Gasteiger partial charge >= 0.3 is 5.97 Å². The van der Waals surface area contributed by atoms with Crippen molar-refractivity contribution in [2.45, 2.75) is 44.3 Å². The highest BCUT2D eigenvalue weighted by atomic mass is 16.5.